The molecule has 1 N–H and O–H groups in total. The van der Waals surface area contributed by atoms with E-state index < -0.39 is 10.8 Å². The van der Waals surface area contributed by atoms with E-state index in [-0.39, 0.29) is 29.1 Å². The van der Waals surface area contributed by atoms with Crippen LogP contribution in [0.3, 0.4) is 0 Å². The third-order valence-corrected chi connectivity index (χ3v) is 3.25. The molecule has 1 unspecified atom stereocenters. The molecule has 0 fully saturated rings. The fourth-order valence-corrected chi connectivity index (χ4v) is 2.40. The standard InChI is InChI=1S/C12H15N3O2S/c1-9(2)15-12(16)8-18(17)7-10-3-4-14-11(5-10)6-13/h3-5,9H,7-8H2,1-2H3,(H,15,16). The highest BCUT2D eigenvalue weighted by atomic mass is 32.2. The van der Waals surface area contributed by atoms with Gasteiger partial charge in [-0.3, -0.25) is 9.00 Å². The molecule has 1 aromatic heterocycles. The summed E-state index contributed by atoms with van der Waals surface area (Å²) in [4.78, 5) is 15.2. The average Bonchev–Trinajstić information content (AvgIpc) is 2.27. The Morgan fingerprint density at radius 2 is 2.33 bits per heavy atom. The van der Waals surface area contributed by atoms with Crippen molar-refractivity contribution in [1.82, 2.24) is 10.3 Å². The fourth-order valence-electron chi connectivity index (χ4n) is 1.37. The topological polar surface area (TPSA) is 82.8 Å². The zero-order chi connectivity index (χ0) is 13.5. The predicted octanol–water partition coefficient (Wildman–Crippen LogP) is 0.727. The molecule has 0 bridgehead atoms. The lowest BCUT2D eigenvalue weighted by atomic mass is 10.2. The first-order valence-electron chi connectivity index (χ1n) is 5.50. The number of nitrogens with zero attached hydrogens (tertiary/aromatic N) is 2. The van der Waals surface area contributed by atoms with Gasteiger partial charge in [0.1, 0.15) is 17.5 Å². The lowest BCUT2D eigenvalue weighted by Crippen LogP contribution is -2.33. The number of carbonyl (C=O) groups is 1. The Morgan fingerprint density at radius 3 is 2.94 bits per heavy atom. The van der Waals surface area contributed by atoms with Crippen LogP contribution in [0.15, 0.2) is 18.3 Å². The molecule has 0 aliphatic rings. The number of rotatable bonds is 5. The Morgan fingerprint density at radius 1 is 1.61 bits per heavy atom. The molecule has 0 radical (unpaired) electrons. The van der Waals surface area contributed by atoms with Gasteiger partial charge in [0.2, 0.25) is 5.91 Å². The number of hydrogen-bond acceptors (Lipinski definition) is 4. The molecular formula is C12H15N3O2S. The molecule has 1 atom stereocenters. The summed E-state index contributed by atoms with van der Waals surface area (Å²) in [5, 5.41) is 11.4. The molecule has 1 heterocycles. The van der Waals surface area contributed by atoms with Gasteiger partial charge < -0.3 is 5.32 Å². The van der Waals surface area contributed by atoms with Crippen LogP contribution in [0.5, 0.6) is 0 Å². The molecule has 1 aromatic rings. The molecule has 18 heavy (non-hydrogen) atoms. The molecule has 1 rings (SSSR count). The van der Waals surface area contributed by atoms with E-state index in [4.69, 9.17) is 5.26 Å². The molecule has 1 amide bonds. The minimum absolute atomic E-state index is 0.0254. The monoisotopic (exact) mass is 265 g/mol. The molecule has 0 saturated carbocycles. The van der Waals surface area contributed by atoms with Gasteiger partial charge in [-0.1, -0.05) is 0 Å². The summed E-state index contributed by atoms with van der Waals surface area (Å²) in [7, 11) is -1.28. The molecule has 0 aromatic carbocycles. The van der Waals surface area contributed by atoms with E-state index in [1.54, 1.807) is 12.1 Å². The van der Waals surface area contributed by atoms with Gasteiger partial charge in [-0.2, -0.15) is 5.26 Å². The van der Waals surface area contributed by atoms with Crippen molar-refractivity contribution in [2.24, 2.45) is 0 Å². The number of carbonyl (C=O) groups excluding carboxylic acids is 1. The summed E-state index contributed by atoms with van der Waals surface area (Å²) in [5.74, 6) is 0.00312. The number of nitrogens with one attached hydrogen (secondary N) is 1. The molecule has 96 valence electrons. The van der Waals surface area contributed by atoms with Gasteiger partial charge in [0, 0.05) is 28.8 Å². The summed E-state index contributed by atoms with van der Waals surface area (Å²) < 4.78 is 11.8. The minimum Gasteiger partial charge on any atom is -0.353 e. The van der Waals surface area contributed by atoms with Gasteiger partial charge in [0.05, 0.1) is 0 Å². The van der Waals surface area contributed by atoms with Gasteiger partial charge in [0.15, 0.2) is 0 Å². The zero-order valence-electron chi connectivity index (χ0n) is 10.3. The second-order valence-electron chi connectivity index (χ2n) is 4.11. The molecule has 6 heteroatoms. The van der Waals surface area contributed by atoms with E-state index in [0.29, 0.717) is 0 Å². The van der Waals surface area contributed by atoms with Crippen molar-refractivity contribution in [1.29, 1.82) is 5.26 Å². The van der Waals surface area contributed by atoms with Crippen molar-refractivity contribution in [3.05, 3.63) is 29.6 Å². The molecule has 0 aliphatic carbocycles. The maximum Gasteiger partial charge on any atom is 0.232 e. The number of pyridine rings is 1. The minimum atomic E-state index is -1.28. The van der Waals surface area contributed by atoms with E-state index in [0.717, 1.165) is 5.56 Å². The first kappa shape index (κ1) is 14.3. The summed E-state index contributed by atoms with van der Waals surface area (Å²) in [6.07, 6.45) is 1.50. The Labute approximate surface area is 109 Å². The van der Waals surface area contributed by atoms with Crippen LogP contribution in [0.2, 0.25) is 0 Å². The lowest BCUT2D eigenvalue weighted by molar-refractivity contribution is -0.119. The number of hydrogen-bond donors (Lipinski definition) is 1. The van der Waals surface area contributed by atoms with Gasteiger partial charge >= 0.3 is 0 Å². The van der Waals surface area contributed by atoms with E-state index in [1.165, 1.54) is 6.20 Å². The highest BCUT2D eigenvalue weighted by Gasteiger charge is 2.10. The summed E-state index contributed by atoms with van der Waals surface area (Å²) >= 11 is 0. The predicted molar refractivity (Wildman–Crippen MR) is 68.9 cm³/mol. The first-order valence-corrected chi connectivity index (χ1v) is 6.99. The molecule has 0 aliphatic heterocycles. The van der Waals surface area contributed by atoms with E-state index in [2.05, 4.69) is 10.3 Å². The average molecular weight is 265 g/mol. The van der Waals surface area contributed by atoms with Gasteiger partial charge in [-0.15, -0.1) is 0 Å². The Hall–Kier alpha value is -1.74. The molecule has 0 saturated heterocycles. The van der Waals surface area contributed by atoms with Crippen LogP contribution in [0, 0.1) is 11.3 Å². The van der Waals surface area contributed by atoms with Crippen molar-refractivity contribution in [2.45, 2.75) is 25.6 Å². The molecule has 5 nitrogen and oxygen atoms in total. The smallest absolute Gasteiger partial charge is 0.232 e. The van der Waals surface area contributed by atoms with Crippen LogP contribution >= 0.6 is 0 Å². The maximum absolute atomic E-state index is 11.8. The largest absolute Gasteiger partial charge is 0.353 e. The SMILES string of the molecule is CC(C)NC(=O)CS(=O)Cc1ccnc(C#N)c1. The maximum atomic E-state index is 11.8. The van der Waals surface area contributed by atoms with Crippen LogP contribution in [-0.2, 0) is 21.3 Å². The van der Waals surface area contributed by atoms with Crippen molar-refractivity contribution >= 4 is 16.7 Å². The number of aromatic nitrogens is 1. The van der Waals surface area contributed by atoms with Crippen LogP contribution in [-0.4, -0.2) is 26.9 Å². The Bertz CT molecular complexity index is 494. The van der Waals surface area contributed by atoms with E-state index in [9.17, 15) is 9.00 Å². The van der Waals surface area contributed by atoms with Crippen molar-refractivity contribution in [3.63, 3.8) is 0 Å². The van der Waals surface area contributed by atoms with Crippen molar-refractivity contribution in [3.8, 4) is 6.07 Å². The summed E-state index contributed by atoms with van der Waals surface area (Å²) in [6, 6.07) is 5.24. The number of nitriles is 1. The highest BCUT2D eigenvalue weighted by molar-refractivity contribution is 7.84. The normalized spacial score (nSPS) is 11.9. The molecular weight excluding hydrogens is 250 g/mol. The zero-order valence-corrected chi connectivity index (χ0v) is 11.2. The number of amides is 1. The third-order valence-electron chi connectivity index (χ3n) is 2.01. The van der Waals surface area contributed by atoms with E-state index in [1.807, 2.05) is 19.9 Å². The van der Waals surface area contributed by atoms with Gasteiger partial charge in [-0.25, -0.2) is 4.98 Å². The Balaban J connectivity index is 2.54. The van der Waals surface area contributed by atoms with Gasteiger partial charge in [-0.05, 0) is 31.5 Å². The summed E-state index contributed by atoms with van der Waals surface area (Å²) in [5.41, 5.74) is 1.04. The quantitative estimate of drug-likeness (QED) is 0.850. The highest BCUT2D eigenvalue weighted by Crippen LogP contribution is 2.04. The van der Waals surface area contributed by atoms with Crippen molar-refractivity contribution < 1.29 is 9.00 Å². The lowest BCUT2D eigenvalue weighted by Gasteiger charge is -2.08. The summed E-state index contributed by atoms with van der Waals surface area (Å²) in [6.45, 7) is 3.70. The van der Waals surface area contributed by atoms with Crippen LogP contribution in [0.4, 0.5) is 0 Å². The first-order chi connectivity index (χ1) is 8.51. The van der Waals surface area contributed by atoms with Crippen LogP contribution < -0.4 is 5.32 Å². The Kier molecular flexibility index (Phi) is 5.46. The second-order valence-corrected chi connectivity index (χ2v) is 5.57. The van der Waals surface area contributed by atoms with Crippen LogP contribution in [0.25, 0.3) is 0 Å². The fraction of sp³-hybridized carbons (Fsp3) is 0.417. The van der Waals surface area contributed by atoms with Crippen LogP contribution in [0.1, 0.15) is 25.1 Å². The van der Waals surface area contributed by atoms with Crippen molar-refractivity contribution in [2.75, 3.05) is 5.75 Å². The molecule has 0 spiro atoms. The third kappa shape index (κ3) is 5.06. The second kappa shape index (κ2) is 6.87. The van der Waals surface area contributed by atoms with E-state index >= 15 is 0 Å². The van der Waals surface area contributed by atoms with Gasteiger partial charge in [0.25, 0.3) is 0 Å².